The van der Waals surface area contributed by atoms with Gasteiger partial charge in [-0.1, -0.05) is 67.0 Å². The Bertz CT molecular complexity index is 850. The molecule has 2 aliphatic heterocycles. The molecule has 1 fully saturated rings. The summed E-state index contributed by atoms with van der Waals surface area (Å²) < 4.78 is 6.36. The monoisotopic (exact) mass is 364 g/mol. The van der Waals surface area contributed by atoms with Crippen LogP contribution in [0.15, 0.2) is 59.8 Å². The zero-order valence-electron chi connectivity index (χ0n) is 15.5. The summed E-state index contributed by atoms with van der Waals surface area (Å²) in [6.45, 7) is 2.54. The number of rotatable bonds is 5. The van der Waals surface area contributed by atoms with Gasteiger partial charge in [-0.2, -0.15) is 0 Å². The van der Waals surface area contributed by atoms with Gasteiger partial charge in [0.05, 0.1) is 11.8 Å². The minimum atomic E-state index is -0.996. The summed E-state index contributed by atoms with van der Waals surface area (Å²) >= 11 is 0. The molecule has 1 saturated heterocycles. The summed E-state index contributed by atoms with van der Waals surface area (Å²) in [5, 5.41) is 7.36. The van der Waals surface area contributed by atoms with Gasteiger partial charge in [0.1, 0.15) is 6.61 Å². The van der Waals surface area contributed by atoms with Crippen molar-refractivity contribution in [3.63, 3.8) is 0 Å². The highest BCUT2D eigenvalue weighted by Gasteiger charge is 2.52. The number of fused-ring (bicyclic) bond motifs is 2. The Kier molecular flexibility index (Phi) is 4.94. The number of nitrogens with zero attached hydrogens (tertiary/aromatic N) is 1. The fourth-order valence-corrected chi connectivity index (χ4v) is 3.90. The molecule has 1 N–H and O–H groups in total. The van der Waals surface area contributed by atoms with E-state index in [1.807, 2.05) is 54.6 Å². The fourth-order valence-electron chi connectivity index (χ4n) is 3.90. The molecule has 2 aromatic carbocycles. The van der Waals surface area contributed by atoms with E-state index in [-0.39, 0.29) is 12.0 Å². The highest BCUT2D eigenvalue weighted by Crippen LogP contribution is 2.45. The van der Waals surface area contributed by atoms with Crippen molar-refractivity contribution in [3.8, 4) is 0 Å². The third-order valence-corrected chi connectivity index (χ3v) is 5.14. The van der Waals surface area contributed by atoms with Crippen molar-refractivity contribution in [3.05, 3.63) is 65.7 Å². The number of ether oxygens (including phenoxy) is 1. The molecule has 0 aromatic heterocycles. The van der Waals surface area contributed by atoms with Gasteiger partial charge >= 0.3 is 0 Å². The lowest BCUT2D eigenvalue weighted by atomic mass is 9.84. The number of amides is 1. The third kappa shape index (κ3) is 3.47. The second kappa shape index (κ2) is 7.53. The molecule has 5 heteroatoms. The van der Waals surface area contributed by atoms with Gasteiger partial charge in [0.25, 0.3) is 5.91 Å². The molecule has 0 saturated carbocycles. The van der Waals surface area contributed by atoms with Gasteiger partial charge in [0.15, 0.2) is 5.60 Å². The van der Waals surface area contributed by atoms with Gasteiger partial charge in [-0.3, -0.25) is 4.79 Å². The second-order valence-electron chi connectivity index (χ2n) is 7.15. The Labute approximate surface area is 159 Å². The number of hydrogen-bond acceptors (Lipinski definition) is 4. The van der Waals surface area contributed by atoms with Crippen LogP contribution in [0.2, 0.25) is 0 Å². The molecule has 0 aliphatic carbocycles. The summed E-state index contributed by atoms with van der Waals surface area (Å²) in [4.78, 5) is 18.5. The van der Waals surface area contributed by atoms with Crippen LogP contribution in [0.1, 0.15) is 43.7 Å². The van der Waals surface area contributed by atoms with E-state index in [2.05, 4.69) is 17.4 Å². The second-order valence-corrected chi connectivity index (χ2v) is 7.15. The Morgan fingerprint density at radius 3 is 2.78 bits per heavy atom. The fraction of sp³-hybridized carbons (Fsp3) is 0.364. The van der Waals surface area contributed by atoms with Gasteiger partial charge < -0.3 is 14.9 Å². The third-order valence-electron chi connectivity index (χ3n) is 5.14. The van der Waals surface area contributed by atoms with Crippen LogP contribution < -0.4 is 5.32 Å². The number of benzene rings is 2. The number of nitrogens with one attached hydrogen (secondary N) is 1. The highest BCUT2D eigenvalue weighted by molar-refractivity contribution is 6.08. The molecule has 0 bridgehead atoms. The first kappa shape index (κ1) is 17.7. The lowest BCUT2D eigenvalue weighted by molar-refractivity contribution is -0.153. The molecule has 140 valence electrons. The molecule has 1 amide bonds. The van der Waals surface area contributed by atoms with E-state index in [9.17, 15) is 4.79 Å². The van der Waals surface area contributed by atoms with Crippen molar-refractivity contribution in [2.75, 3.05) is 5.32 Å². The van der Waals surface area contributed by atoms with Crippen LogP contribution in [0.5, 0.6) is 0 Å². The predicted molar refractivity (Wildman–Crippen MR) is 104 cm³/mol. The van der Waals surface area contributed by atoms with Crippen LogP contribution in [0.25, 0.3) is 0 Å². The van der Waals surface area contributed by atoms with E-state index < -0.39 is 5.60 Å². The quantitative estimate of drug-likeness (QED) is 0.801. The molecule has 2 aliphatic rings. The lowest BCUT2D eigenvalue weighted by Gasteiger charge is -2.37. The number of oxime groups is 1. The summed E-state index contributed by atoms with van der Waals surface area (Å²) in [5.74, 6) is -0.111. The van der Waals surface area contributed by atoms with Crippen LogP contribution in [0, 0.1) is 0 Å². The highest BCUT2D eigenvalue weighted by atomic mass is 16.6. The van der Waals surface area contributed by atoms with E-state index in [4.69, 9.17) is 9.57 Å². The Morgan fingerprint density at radius 1 is 1.19 bits per heavy atom. The lowest BCUT2D eigenvalue weighted by Crippen LogP contribution is -2.47. The summed E-state index contributed by atoms with van der Waals surface area (Å²) in [7, 11) is 0. The van der Waals surface area contributed by atoms with Crippen molar-refractivity contribution in [1.82, 2.24) is 0 Å². The van der Waals surface area contributed by atoms with Crippen LogP contribution in [-0.2, 0) is 26.6 Å². The van der Waals surface area contributed by atoms with Crippen molar-refractivity contribution in [2.24, 2.45) is 5.16 Å². The largest absolute Gasteiger partial charge is 0.391 e. The van der Waals surface area contributed by atoms with Gasteiger partial charge in [-0.25, -0.2) is 0 Å². The molecule has 5 nitrogen and oxygen atoms in total. The van der Waals surface area contributed by atoms with Crippen LogP contribution in [-0.4, -0.2) is 17.7 Å². The van der Waals surface area contributed by atoms with Gasteiger partial charge in [-0.15, -0.1) is 0 Å². The predicted octanol–water partition coefficient (Wildman–Crippen LogP) is 4.39. The van der Waals surface area contributed by atoms with Crippen LogP contribution in [0.4, 0.5) is 5.69 Å². The van der Waals surface area contributed by atoms with Crippen molar-refractivity contribution >= 4 is 17.3 Å². The topological polar surface area (TPSA) is 59.9 Å². The molecule has 2 heterocycles. The first-order valence-electron chi connectivity index (χ1n) is 9.51. The molecular formula is C22H24N2O3. The van der Waals surface area contributed by atoms with Gasteiger partial charge in [-0.05, 0) is 18.1 Å². The van der Waals surface area contributed by atoms with E-state index >= 15 is 0 Å². The molecule has 0 unspecified atom stereocenters. The summed E-state index contributed by atoms with van der Waals surface area (Å²) in [6, 6.07) is 17.7. The van der Waals surface area contributed by atoms with Crippen LogP contribution in [0.3, 0.4) is 0 Å². The SMILES string of the molecule is CCC[C@@H]1C/C(=N/OCc2ccccc2)C[C@@]2(O1)C(=O)Nc1ccccc12. The van der Waals surface area contributed by atoms with Crippen molar-refractivity contribution < 1.29 is 14.4 Å². The smallest absolute Gasteiger partial charge is 0.261 e. The minimum Gasteiger partial charge on any atom is -0.391 e. The number of para-hydroxylation sites is 1. The molecular weight excluding hydrogens is 340 g/mol. The Morgan fingerprint density at radius 2 is 1.96 bits per heavy atom. The van der Waals surface area contributed by atoms with E-state index in [1.54, 1.807) is 0 Å². The van der Waals surface area contributed by atoms with E-state index in [1.165, 1.54) is 0 Å². The number of anilines is 1. The molecule has 27 heavy (non-hydrogen) atoms. The molecule has 2 aromatic rings. The summed E-state index contributed by atoms with van der Waals surface area (Å²) in [6.07, 6.45) is 2.95. The maximum atomic E-state index is 12.9. The molecule has 2 atom stereocenters. The standard InChI is InChI=1S/C22H24N2O3/c1-2-8-18-13-17(24-26-15-16-9-4-3-5-10-16)14-22(27-18)19-11-6-7-12-20(19)23-21(22)25/h3-7,9-12,18H,2,8,13-15H2,1H3,(H,23,25)/b24-17-/t18-,22+/m1/s1. The van der Waals surface area contributed by atoms with Crippen molar-refractivity contribution in [2.45, 2.75) is 50.9 Å². The Hall–Kier alpha value is -2.66. The molecule has 0 radical (unpaired) electrons. The van der Waals surface area contributed by atoms with Crippen LogP contribution >= 0.6 is 0 Å². The normalized spacial score (nSPS) is 25.4. The summed E-state index contributed by atoms with van der Waals surface area (Å²) in [5.41, 5.74) is 2.67. The van der Waals surface area contributed by atoms with Gasteiger partial charge in [0, 0.05) is 24.1 Å². The first-order valence-corrected chi connectivity index (χ1v) is 9.51. The first-order chi connectivity index (χ1) is 13.2. The number of hydrogen-bond donors (Lipinski definition) is 1. The Balaban J connectivity index is 1.58. The number of carbonyl (C=O) groups excluding carboxylic acids is 1. The number of carbonyl (C=O) groups is 1. The average molecular weight is 364 g/mol. The molecule has 4 rings (SSSR count). The zero-order valence-corrected chi connectivity index (χ0v) is 15.5. The molecule has 1 spiro atoms. The maximum absolute atomic E-state index is 12.9. The van der Waals surface area contributed by atoms with E-state index in [0.717, 1.165) is 35.4 Å². The average Bonchev–Trinajstić information content (AvgIpc) is 2.94. The van der Waals surface area contributed by atoms with Crippen molar-refractivity contribution in [1.29, 1.82) is 0 Å². The van der Waals surface area contributed by atoms with Gasteiger partial charge in [0.2, 0.25) is 0 Å². The maximum Gasteiger partial charge on any atom is 0.261 e. The minimum absolute atomic E-state index is 0.0419. The zero-order chi connectivity index (χ0) is 18.7. The van der Waals surface area contributed by atoms with E-state index in [0.29, 0.717) is 19.4 Å².